The third kappa shape index (κ3) is 6.61. The topological polar surface area (TPSA) is 112 Å². The maximum Gasteiger partial charge on any atom is 0.407 e. The molecule has 10 heteroatoms. The van der Waals surface area contributed by atoms with Crippen molar-refractivity contribution >= 4 is 50.9 Å². The Hall–Kier alpha value is -3.09. The molecular formula is C30H37ClN6O2S. The van der Waals surface area contributed by atoms with Crippen molar-refractivity contribution in [3.8, 4) is 6.07 Å². The number of thiophene rings is 1. The summed E-state index contributed by atoms with van der Waals surface area (Å²) in [7, 11) is 0. The minimum Gasteiger partial charge on any atom is -0.444 e. The number of carbonyl (C=O) groups is 1. The Morgan fingerprint density at radius 1 is 1.25 bits per heavy atom. The Morgan fingerprint density at radius 2 is 2.00 bits per heavy atom. The average Bonchev–Trinajstić information content (AvgIpc) is 3.28. The summed E-state index contributed by atoms with van der Waals surface area (Å²) in [6.07, 6.45) is 6.61. The van der Waals surface area contributed by atoms with Gasteiger partial charge in [-0.1, -0.05) is 24.9 Å². The van der Waals surface area contributed by atoms with Gasteiger partial charge in [0.15, 0.2) is 0 Å². The van der Waals surface area contributed by atoms with Crippen molar-refractivity contribution in [2.75, 3.05) is 17.2 Å². The lowest BCUT2D eigenvalue weighted by Gasteiger charge is -2.50. The van der Waals surface area contributed by atoms with Gasteiger partial charge in [-0.25, -0.2) is 9.78 Å². The molecule has 0 saturated heterocycles. The zero-order chi connectivity index (χ0) is 28.5. The first-order valence-electron chi connectivity index (χ1n) is 13.9. The first-order valence-corrected chi connectivity index (χ1v) is 15.2. The molecule has 3 N–H and O–H groups in total. The quantitative estimate of drug-likeness (QED) is 0.268. The van der Waals surface area contributed by atoms with Gasteiger partial charge in [-0.15, -0.1) is 11.3 Å². The summed E-state index contributed by atoms with van der Waals surface area (Å²) in [5, 5.41) is 23.6. The van der Waals surface area contributed by atoms with E-state index >= 15 is 0 Å². The van der Waals surface area contributed by atoms with Crippen LogP contribution in [0.25, 0.3) is 10.1 Å². The highest BCUT2D eigenvalue weighted by Gasteiger charge is 2.46. The molecule has 2 aliphatic carbocycles. The van der Waals surface area contributed by atoms with Crippen molar-refractivity contribution in [1.29, 1.82) is 5.26 Å². The van der Waals surface area contributed by atoms with Crippen LogP contribution in [0.5, 0.6) is 0 Å². The van der Waals surface area contributed by atoms with Crippen molar-refractivity contribution in [3.63, 3.8) is 0 Å². The number of nitrogens with one attached hydrogen (secondary N) is 3. The number of carbonyl (C=O) groups excluding carboxylic acids is 1. The second-order valence-corrected chi connectivity index (χ2v) is 13.9. The molecule has 5 rings (SSSR count). The standard InChI is InChI=1S/C30H37ClN6O2S/c1-29(2,3)39-28(38)36-25-18-6-5-7-19(25)12-30(4,11-18)17-35-26-20(13-32)14-33-27(37-26)34-15-21-16-40-24-9-8-22(31)10-23(21)24/h8-10,14,16,18-19,25H,5-7,11-12,15,17H2,1-4H3,(H,36,38)(H2,33,34,35,37)/t18-,19+,25-,30?. The minimum absolute atomic E-state index is 0.0159. The maximum atomic E-state index is 12.5. The smallest absolute Gasteiger partial charge is 0.407 e. The second kappa shape index (κ2) is 11.4. The number of benzene rings is 1. The molecule has 1 amide bonds. The number of amides is 1. The van der Waals surface area contributed by atoms with Crippen LogP contribution in [-0.2, 0) is 11.3 Å². The predicted molar refractivity (Wildman–Crippen MR) is 161 cm³/mol. The van der Waals surface area contributed by atoms with Crippen molar-refractivity contribution in [3.05, 3.63) is 45.9 Å². The van der Waals surface area contributed by atoms with Crippen LogP contribution in [0.2, 0.25) is 5.02 Å². The molecule has 212 valence electrons. The summed E-state index contributed by atoms with van der Waals surface area (Å²) in [4.78, 5) is 21.6. The molecule has 0 spiro atoms. The van der Waals surface area contributed by atoms with Crippen LogP contribution in [0.15, 0.2) is 29.8 Å². The maximum absolute atomic E-state index is 12.5. The molecule has 1 aromatic carbocycles. The first-order chi connectivity index (χ1) is 19.0. The lowest BCUT2D eigenvalue weighted by atomic mass is 9.59. The largest absolute Gasteiger partial charge is 0.444 e. The van der Waals surface area contributed by atoms with E-state index in [1.54, 1.807) is 17.5 Å². The number of ether oxygens (including phenoxy) is 1. The van der Waals surface area contributed by atoms with Crippen LogP contribution < -0.4 is 16.0 Å². The summed E-state index contributed by atoms with van der Waals surface area (Å²) < 4.78 is 6.73. The number of hydrogen-bond acceptors (Lipinski definition) is 8. The Balaban J connectivity index is 1.24. The molecule has 2 bridgehead atoms. The third-order valence-corrected chi connectivity index (χ3v) is 9.25. The molecular weight excluding hydrogens is 544 g/mol. The molecule has 0 radical (unpaired) electrons. The van der Waals surface area contributed by atoms with E-state index in [4.69, 9.17) is 16.3 Å². The van der Waals surface area contributed by atoms with Crippen molar-refractivity contribution in [1.82, 2.24) is 15.3 Å². The Morgan fingerprint density at radius 3 is 2.70 bits per heavy atom. The van der Waals surface area contributed by atoms with Crippen LogP contribution in [0.4, 0.5) is 16.6 Å². The molecule has 0 aliphatic heterocycles. The molecule has 2 aliphatic rings. The van der Waals surface area contributed by atoms with Gasteiger partial charge in [-0.2, -0.15) is 10.2 Å². The summed E-state index contributed by atoms with van der Waals surface area (Å²) >= 11 is 7.89. The number of halogens is 1. The number of hydrogen-bond donors (Lipinski definition) is 3. The number of anilines is 2. The van der Waals surface area contributed by atoms with E-state index in [9.17, 15) is 10.1 Å². The Labute approximate surface area is 244 Å². The molecule has 1 unspecified atom stereocenters. The number of rotatable bonds is 7. The van der Waals surface area contributed by atoms with Crippen LogP contribution in [-0.4, -0.2) is 34.2 Å². The van der Waals surface area contributed by atoms with Crippen molar-refractivity contribution in [2.24, 2.45) is 17.3 Å². The van der Waals surface area contributed by atoms with E-state index in [1.165, 1.54) is 11.1 Å². The van der Waals surface area contributed by atoms with E-state index in [0.29, 0.717) is 47.3 Å². The fourth-order valence-electron chi connectivity index (χ4n) is 6.36. The van der Waals surface area contributed by atoms with Gasteiger partial charge in [0.05, 0.1) is 6.20 Å². The molecule has 2 fully saturated rings. The van der Waals surface area contributed by atoms with Gasteiger partial charge in [-0.05, 0) is 98.2 Å². The summed E-state index contributed by atoms with van der Waals surface area (Å²) in [6.45, 7) is 9.22. The van der Waals surface area contributed by atoms with Gasteiger partial charge < -0.3 is 20.7 Å². The van der Waals surface area contributed by atoms with Crippen LogP contribution in [0.3, 0.4) is 0 Å². The molecule has 4 atom stereocenters. The fraction of sp³-hybridized carbons (Fsp3) is 0.533. The molecule has 3 aromatic rings. The van der Waals surface area contributed by atoms with Gasteiger partial charge in [0, 0.05) is 28.9 Å². The molecule has 2 saturated carbocycles. The van der Waals surface area contributed by atoms with Gasteiger partial charge in [0.1, 0.15) is 23.1 Å². The molecule has 2 heterocycles. The molecule has 40 heavy (non-hydrogen) atoms. The van der Waals surface area contributed by atoms with Crippen LogP contribution in [0.1, 0.15) is 70.9 Å². The summed E-state index contributed by atoms with van der Waals surface area (Å²) in [6, 6.07) is 8.27. The molecule has 8 nitrogen and oxygen atoms in total. The average molecular weight is 581 g/mol. The van der Waals surface area contributed by atoms with Gasteiger partial charge in [-0.3, -0.25) is 0 Å². The SMILES string of the molecule is CC1(CNc2nc(NCc3csc4ccc(Cl)cc34)ncc2C#N)C[C@H]2CCC[C@@H](C1)[C@@H]2NC(=O)OC(C)(C)C. The predicted octanol–water partition coefficient (Wildman–Crippen LogP) is 7.35. The van der Waals surface area contributed by atoms with Gasteiger partial charge in [0.25, 0.3) is 0 Å². The number of fused-ring (bicyclic) bond motifs is 3. The highest BCUT2D eigenvalue weighted by Crippen LogP contribution is 2.49. The normalized spacial score (nSPS) is 24.2. The van der Waals surface area contributed by atoms with Crippen LogP contribution >= 0.6 is 22.9 Å². The molecule has 2 aromatic heterocycles. The van der Waals surface area contributed by atoms with E-state index in [-0.39, 0.29) is 17.6 Å². The summed E-state index contributed by atoms with van der Waals surface area (Å²) in [5.41, 5.74) is 1.05. The van der Waals surface area contributed by atoms with Gasteiger partial charge in [0.2, 0.25) is 5.95 Å². The van der Waals surface area contributed by atoms with Crippen LogP contribution in [0, 0.1) is 28.6 Å². The van der Waals surface area contributed by atoms with E-state index in [0.717, 1.165) is 36.6 Å². The Kier molecular flexibility index (Phi) is 8.12. The monoisotopic (exact) mass is 580 g/mol. The van der Waals surface area contributed by atoms with E-state index in [2.05, 4.69) is 44.3 Å². The van der Waals surface area contributed by atoms with Gasteiger partial charge >= 0.3 is 6.09 Å². The number of alkyl carbamates (subject to hydrolysis) is 1. The second-order valence-electron chi connectivity index (χ2n) is 12.5. The highest BCUT2D eigenvalue weighted by atomic mass is 35.5. The Bertz CT molecular complexity index is 1410. The minimum atomic E-state index is -0.513. The number of aromatic nitrogens is 2. The fourth-order valence-corrected chi connectivity index (χ4v) is 7.48. The van der Waals surface area contributed by atoms with Crippen molar-refractivity contribution in [2.45, 2.75) is 78.0 Å². The highest BCUT2D eigenvalue weighted by molar-refractivity contribution is 7.17. The first kappa shape index (κ1) is 28.4. The van der Waals surface area contributed by atoms with E-state index < -0.39 is 5.60 Å². The van der Waals surface area contributed by atoms with E-state index in [1.807, 2.05) is 39.0 Å². The summed E-state index contributed by atoms with van der Waals surface area (Å²) in [5.74, 6) is 1.81. The lowest BCUT2D eigenvalue weighted by molar-refractivity contribution is 0.0155. The lowest BCUT2D eigenvalue weighted by Crippen LogP contribution is -2.55. The zero-order valence-corrected chi connectivity index (χ0v) is 25.1. The number of nitriles is 1. The number of nitrogens with zero attached hydrogens (tertiary/aromatic N) is 3. The zero-order valence-electron chi connectivity index (χ0n) is 23.5. The van der Waals surface area contributed by atoms with Crippen molar-refractivity contribution < 1.29 is 9.53 Å². The third-order valence-electron chi connectivity index (χ3n) is 8.00.